The molecule has 0 saturated heterocycles. The van der Waals surface area contributed by atoms with Gasteiger partial charge in [-0.1, -0.05) is 67.3 Å². The number of nitrogens with zero attached hydrogens (tertiary/aromatic N) is 2. The summed E-state index contributed by atoms with van der Waals surface area (Å²) in [6, 6.07) is 13.7. The van der Waals surface area contributed by atoms with Gasteiger partial charge in [0.25, 0.3) is 0 Å². The van der Waals surface area contributed by atoms with Crippen molar-refractivity contribution in [3.05, 3.63) is 75.4 Å². The molecule has 0 aliphatic heterocycles. The molecule has 1 atom stereocenters. The minimum absolute atomic E-state index is 0.156. The summed E-state index contributed by atoms with van der Waals surface area (Å²) >= 11 is 12.4. The lowest BCUT2D eigenvalue weighted by Gasteiger charge is -2.15. The second kappa shape index (κ2) is 9.16. The standard InChI is InChI=1S/C22H25Cl2N3O2/c1-14(16-6-5-7-17(23)11-16)25-12-15-8-9-18(24)19(10-15)28-13-20-26-21(29-27-20)22(2,3)4/h5-11,14,25H,12-13H2,1-4H3. The first-order valence-corrected chi connectivity index (χ1v) is 10.2. The van der Waals surface area contributed by atoms with Crippen molar-refractivity contribution in [2.75, 3.05) is 0 Å². The van der Waals surface area contributed by atoms with Crippen LogP contribution in [0.1, 0.15) is 56.6 Å². The fourth-order valence-corrected chi connectivity index (χ4v) is 3.06. The van der Waals surface area contributed by atoms with Crippen LogP contribution in [0, 0.1) is 0 Å². The molecule has 0 aliphatic carbocycles. The van der Waals surface area contributed by atoms with E-state index in [2.05, 4.69) is 28.4 Å². The monoisotopic (exact) mass is 433 g/mol. The summed E-state index contributed by atoms with van der Waals surface area (Å²) < 4.78 is 11.1. The molecule has 0 bridgehead atoms. The Balaban J connectivity index is 1.61. The zero-order valence-corrected chi connectivity index (χ0v) is 18.5. The number of ether oxygens (including phenoxy) is 1. The molecule has 154 valence electrons. The van der Waals surface area contributed by atoms with Gasteiger partial charge in [0.05, 0.1) is 5.02 Å². The van der Waals surface area contributed by atoms with Crippen molar-refractivity contribution < 1.29 is 9.26 Å². The lowest BCUT2D eigenvalue weighted by atomic mass is 9.97. The molecule has 1 aromatic heterocycles. The number of nitrogens with one attached hydrogen (secondary N) is 1. The Morgan fingerprint density at radius 2 is 1.93 bits per heavy atom. The van der Waals surface area contributed by atoms with Crippen molar-refractivity contribution in [2.24, 2.45) is 0 Å². The smallest absolute Gasteiger partial charge is 0.232 e. The highest BCUT2D eigenvalue weighted by Crippen LogP contribution is 2.27. The van der Waals surface area contributed by atoms with Crippen LogP contribution in [0.5, 0.6) is 5.75 Å². The molecule has 7 heteroatoms. The maximum absolute atomic E-state index is 6.29. The van der Waals surface area contributed by atoms with Crippen LogP contribution in [0.2, 0.25) is 10.0 Å². The summed E-state index contributed by atoms with van der Waals surface area (Å²) in [5, 5.41) is 8.73. The third-order valence-corrected chi connectivity index (χ3v) is 4.97. The first-order valence-electron chi connectivity index (χ1n) is 9.45. The van der Waals surface area contributed by atoms with E-state index >= 15 is 0 Å². The predicted octanol–water partition coefficient (Wildman–Crippen LogP) is 6.10. The quantitative estimate of drug-likeness (QED) is 0.487. The molecule has 1 unspecified atom stereocenters. The number of hydrogen-bond acceptors (Lipinski definition) is 5. The van der Waals surface area contributed by atoms with E-state index in [0.29, 0.717) is 29.0 Å². The molecule has 29 heavy (non-hydrogen) atoms. The van der Waals surface area contributed by atoms with E-state index in [4.69, 9.17) is 32.5 Å². The van der Waals surface area contributed by atoms with Gasteiger partial charge in [0.15, 0.2) is 6.61 Å². The van der Waals surface area contributed by atoms with Crippen LogP contribution in [0.25, 0.3) is 0 Å². The van der Waals surface area contributed by atoms with Crippen LogP contribution < -0.4 is 10.1 Å². The third-order valence-electron chi connectivity index (χ3n) is 4.42. The van der Waals surface area contributed by atoms with Crippen LogP contribution in [0.3, 0.4) is 0 Å². The minimum atomic E-state index is -0.200. The van der Waals surface area contributed by atoms with E-state index in [1.54, 1.807) is 0 Å². The zero-order chi connectivity index (χ0) is 21.0. The first-order chi connectivity index (χ1) is 13.7. The maximum atomic E-state index is 6.29. The average Bonchev–Trinajstić information content (AvgIpc) is 3.15. The van der Waals surface area contributed by atoms with E-state index in [-0.39, 0.29) is 18.1 Å². The van der Waals surface area contributed by atoms with Gasteiger partial charge in [-0.25, -0.2) is 0 Å². The molecule has 0 amide bonds. The summed E-state index contributed by atoms with van der Waals surface area (Å²) in [6.45, 7) is 9.00. The van der Waals surface area contributed by atoms with E-state index in [1.165, 1.54) is 0 Å². The van der Waals surface area contributed by atoms with Gasteiger partial charge >= 0.3 is 0 Å². The molecule has 0 fully saturated rings. The molecule has 1 N–H and O–H groups in total. The van der Waals surface area contributed by atoms with Crippen molar-refractivity contribution >= 4 is 23.2 Å². The third kappa shape index (κ3) is 5.95. The van der Waals surface area contributed by atoms with E-state index in [1.807, 2.05) is 57.2 Å². The molecule has 5 nitrogen and oxygen atoms in total. The highest BCUT2D eigenvalue weighted by molar-refractivity contribution is 6.32. The van der Waals surface area contributed by atoms with Crippen molar-refractivity contribution in [1.29, 1.82) is 0 Å². The van der Waals surface area contributed by atoms with Gasteiger partial charge < -0.3 is 14.6 Å². The van der Waals surface area contributed by atoms with Crippen molar-refractivity contribution in [1.82, 2.24) is 15.5 Å². The minimum Gasteiger partial charge on any atom is -0.484 e. The zero-order valence-electron chi connectivity index (χ0n) is 17.0. The number of hydrogen-bond donors (Lipinski definition) is 1. The Morgan fingerprint density at radius 3 is 2.62 bits per heavy atom. The maximum Gasteiger partial charge on any atom is 0.232 e. The lowest BCUT2D eigenvalue weighted by molar-refractivity contribution is 0.280. The van der Waals surface area contributed by atoms with E-state index in [9.17, 15) is 0 Å². The number of benzene rings is 2. The second-order valence-electron chi connectivity index (χ2n) is 7.98. The molecule has 2 aromatic carbocycles. The lowest BCUT2D eigenvalue weighted by Crippen LogP contribution is -2.18. The normalized spacial score (nSPS) is 12.8. The van der Waals surface area contributed by atoms with Gasteiger partial charge in [0.1, 0.15) is 5.75 Å². The number of rotatable bonds is 7. The van der Waals surface area contributed by atoms with Gasteiger partial charge in [-0.05, 0) is 42.3 Å². The Hall–Kier alpha value is -2.08. The molecule has 1 heterocycles. The van der Waals surface area contributed by atoms with Crippen LogP contribution >= 0.6 is 23.2 Å². The van der Waals surface area contributed by atoms with Crippen molar-refractivity contribution in [3.63, 3.8) is 0 Å². The average molecular weight is 434 g/mol. The largest absolute Gasteiger partial charge is 0.484 e. The number of halogens is 2. The van der Waals surface area contributed by atoms with E-state index in [0.717, 1.165) is 16.1 Å². The summed E-state index contributed by atoms with van der Waals surface area (Å²) in [5.74, 6) is 1.66. The predicted molar refractivity (Wildman–Crippen MR) is 115 cm³/mol. The van der Waals surface area contributed by atoms with Gasteiger partial charge in [-0.3, -0.25) is 0 Å². The van der Waals surface area contributed by atoms with Crippen LogP contribution in [0.15, 0.2) is 47.0 Å². The molecular formula is C22H25Cl2N3O2. The van der Waals surface area contributed by atoms with Crippen LogP contribution in [0.4, 0.5) is 0 Å². The molecule has 0 saturated carbocycles. The van der Waals surface area contributed by atoms with Crippen LogP contribution in [-0.4, -0.2) is 10.1 Å². The summed E-state index contributed by atoms with van der Waals surface area (Å²) in [6.07, 6.45) is 0. The Morgan fingerprint density at radius 1 is 1.14 bits per heavy atom. The van der Waals surface area contributed by atoms with E-state index < -0.39 is 0 Å². The molecule has 3 aromatic rings. The highest BCUT2D eigenvalue weighted by Gasteiger charge is 2.22. The van der Waals surface area contributed by atoms with Crippen molar-refractivity contribution in [2.45, 2.75) is 52.3 Å². The van der Waals surface area contributed by atoms with Gasteiger partial charge in [0, 0.05) is 23.0 Å². The van der Waals surface area contributed by atoms with Gasteiger partial charge in [0.2, 0.25) is 11.7 Å². The fourth-order valence-electron chi connectivity index (χ4n) is 2.69. The Bertz CT molecular complexity index is 967. The SMILES string of the molecule is CC(NCc1ccc(Cl)c(OCc2noc(C(C)(C)C)n2)c1)c1cccc(Cl)c1. The summed E-state index contributed by atoms with van der Waals surface area (Å²) in [5.41, 5.74) is 1.99. The number of aromatic nitrogens is 2. The fraction of sp³-hybridized carbons (Fsp3) is 0.364. The topological polar surface area (TPSA) is 60.2 Å². The molecule has 0 aliphatic rings. The summed E-state index contributed by atoms with van der Waals surface area (Å²) in [4.78, 5) is 4.38. The molecule has 0 spiro atoms. The first kappa shape index (κ1) is 21.6. The van der Waals surface area contributed by atoms with Gasteiger partial charge in [-0.15, -0.1) is 0 Å². The van der Waals surface area contributed by atoms with Crippen molar-refractivity contribution in [3.8, 4) is 5.75 Å². The molecular weight excluding hydrogens is 409 g/mol. The van der Waals surface area contributed by atoms with Gasteiger partial charge in [-0.2, -0.15) is 4.98 Å². The Kier molecular flexibility index (Phi) is 6.83. The highest BCUT2D eigenvalue weighted by atomic mass is 35.5. The molecule has 0 radical (unpaired) electrons. The second-order valence-corrected chi connectivity index (χ2v) is 8.82. The van der Waals surface area contributed by atoms with Crippen LogP contribution in [-0.2, 0) is 18.6 Å². The Labute approximate surface area is 181 Å². The summed E-state index contributed by atoms with van der Waals surface area (Å²) in [7, 11) is 0. The molecule has 3 rings (SSSR count).